The van der Waals surface area contributed by atoms with Gasteiger partial charge in [0, 0.05) is 16.3 Å². The summed E-state index contributed by atoms with van der Waals surface area (Å²) >= 11 is 3.76. The van der Waals surface area contributed by atoms with Gasteiger partial charge >= 0.3 is 5.97 Å². The summed E-state index contributed by atoms with van der Waals surface area (Å²) in [6.45, 7) is 0. The molecule has 0 bridgehead atoms. The third kappa shape index (κ3) is 3.43. The Morgan fingerprint density at radius 3 is 2.59 bits per heavy atom. The van der Waals surface area contributed by atoms with Crippen molar-refractivity contribution in [3.63, 3.8) is 0 Å². The molecule has 0 aliphatic rings. The van der Waals surface area contributed by atoms with Crippen molar-refractivity contribution >= 4 is 55.8 Å². The number of carbonyl (C=O) groups is 2. The smallest absolute Gasteiger partial charge is 0.339 e. The lowest BCUT2D eigenvalue weighted by Crippen LogP contribution is -2.13. The zero-order valence-corrected chi connectivity index (χ0v) is 16.7. The Balaban J connectivity index is 1.73. The molecule has 0 fully saturated rings. The number of benzene rings is 2. The summed E-state index contributed by atoms with van der Waals surface area (Å²) in [6, 6.07) is 11.1. The van der Waals surface area contributed by atoms with Gasteiger partial charge in [-0.15, -0.1) is 11.3 Å². The molecule has 0 aliphatic carbocycles. The van der Waals surface area contributed by atoms with Crippen molar-refractivity contribution in [2.45, 2.75) is 0 Å². The molecule has 5 nitrogen and oxygen atoms in total. The molecule has 0 spiro atoms. The highest BCUT2D eigenvalue weighted by Crippen LogP contribution is 2.39. The maximum absolute atomic E-state index is 14.4. The third-order valence-electron chi connectivity index (χ3n) is 4.18. The number of aromatic carboxylic acids is 1. The van der Waals surface area contributed by atoms with Crippen LogP contribution in [0.15, 0.2) is 56.7 Å². The van der Waals surface area contributed by atoms with Crippen molar-refractivity contribution < 1.29 is 27.9 Å². The zero-order chi connectivity index (χ0) is 20.7. The van der Waals surface area contributed by atoms with Gasteiger partial charge in [0.05, 0.1) is 15.0 Å². The predicted octanol–water partition coefficient (Wildman–Crippen LogP) is 6.15. The lowest BCUT2D eigenvalue weighted by molar-refractivity contribution is 0.0699. The minimum Gasteiger partial charge on any atom is -0.478 e. The van der Waals surface area contributed by atoms with Crippen molar-refractivity contribution in [3.05, 3.63) is 75.3 Å². The summed E-state index contributed by atoms with van der Waals surface area (Å²) in [7, 11) is 0. The second kappa shape index (κ2) is 7.41. The van der Waals surface area contributed by atoms with Gasteiger partial charge in [0.2, 0.25) is 0 Å². The Bertz CT molecular complexity index is 1250. The molecular weight excluding hydrogens is 468 g/mol. The van der Waals surface area contributed by atoms with E-state index in [1.807, 2.05) is 0 Å². The normalized spacial score (nSPS) is 11.0. The van der Waals surface area contributed by atoms with E-state index in [9.17, 15) is 23.5 Å². The van der Waals surface area contributed by atoms with Gasteiger partial charge < -0.3 is 14.8 Å². The van der Waals surface area contributed by atoms with Crippen molar-refractivity contribution in [3.8, 4) is 10.4 Å². The molecule has 0 atom stereocenters. The first-order valence-corrected chi connectivity index (χ1v) is 9.82. The SMILES string of the molecule is O=C(Nc1csc(-c2ccc(Br)c(F)c2F)c1C(=O)O)c1cc2ccccc2o1. The Labute approximate surface area is 174 Å². The Morgan fingerprint density at radius 2 is 1.86 bits per heavy atom. The Morgan fingerprint density at radius 1 is 1.10 bits per heavy atom. The molecule has 4 aromatic rings. The number of carbonyl (C=O) groups excluding carboxylic acids is 1. The van der Waals surface area contributed by atoms with Crippen LogP contribution in [0.5, 0.6) is 0 Å². The number of amides is 1. The number of hydrogen-bond donors (Lipinski definition) is 2. The molecular formula is C20H10BrF2NO4S. The number of furan rings is 1. The largest absolute Gasteiger partial charge is 0.478 e. The van der Waals surface area contributed by atoms with Gasteiger partial charge in [-0.05, 0) is 40.2 Å². The van der Waals surface area contributed by atoms with Gasteiger partial charge in [0.25, 0.3) is 5.91 Å². The average molecular weight is 478 g/mol. The molecule has 29 heavy (non-hydrogen) atoms. The van der Waals surface area contributed by atoms with E-state index in [1.165, 1.54) is 23.6 Å². The van der Waals surface area contributed by atoms with E-state index in [4.69, 9.17) is 4.42 Å². The van der Waals surface area contributed by atoms with E-state index in [0.29, 0.717) is 5.58 Å². The molecule has 2 heterocycles. The van der Waals surface area contributed by atoms with Gasteiger partial charge in [0.1, 0.15) is 11.1 Å². The summed E-state index contributed by atoms with van der Waals surface area (Å²) in [4.78, 5) is 24.3. The second-order valence-corrected chi connectivity index (χ2v) is 7.72. The quantitative estimate of drug-likeness (QED) is 0.345. The lowest BCUT2D eigenvalue weighted by Gasteiger charge is -2.07. The fourth-order valence-corrected chi connectivity index (χ4v) is 4.16. The Kier molecular flexibility index (Phi) is 4.93. The number of carboxylic acids is 1. The molecule has 0 unspecified atom stereocenters. The number of carboxylic acid groups (broad SMARTS) is 1. The first-order chi connectivity index (χ1) is 13.9. The fourth-order valence-electron chi connectivity index (χ4n) is 2.84. The highest BCUT2D eigenvalue weighted by atomic mass is 79.9. The van der Waals surface area contributed by atoms with Crippen molar-refractivity contribution in [2.24, 2.45) is 0 Å². The van der Waals surface area contributed by atoms with E-state index in [-0.39, 0.29) is 31.9 Å². The first-order valence-electron chi connectivity index (χ1n) is 8.15. The summed E-state index contributed by atoms with van der Waals surface area (Å²) in [5.74, 6) is -4.35. The minimum atomic E-state index is -1.39. The van der Waals surface area contributed by atoms with Crippen LogP contribution in [0.2, 0.25) is 0 Å². The first kappa shape index (κ1) is 19.3. The predicted molar refractivity (Wildman–Crippen MR) is 108 cm³/mol. The van der Waals surface area contributed by atoms with Crippen LogP contribution in [0.4, 0.5) is 14.5 Å². The molecule has 2 aromatic carbocycles. The standard InChI is InChI=1S/C20H10BrF2NO4S/c21-11-6-5-10(16(22)17(11)23)18-15(20(26)27)12(8-29-18)24-19(25)14-7-9-3-1-2-4-13(9)28-14/h1-8H,(H,24,25)(H,26,27). The number of rotatable bonds is 4. The van der Waals surface area contributed by atoms with Gasteiger partial charge in [-0.3, -0.25) is 4.79 Å². The summed E-state index contributed by atoms with van der Waals surface area (Å²) < 4.78 is 33.6. The molecule has 146 valence electrons. The average Bonchev–Trinajstić information content (AvgIpc) is 3.30. The molecule has 9 heteroatoms. The maximum atomic E-state index is 14.4. The van der Waals surface area contributed by atoms with Crippen LogP contribution >= 0.6 is 27.3 Å². The molecule has 4 rings (SSSR count). The number of fused-ring (bicyclic) bond motifs is 1. The van der Waals surface area contributed by atoms with Gasteiger partial charge in [0.15, 0.2) is 17.4 Å². The summed E-state index contributed by atoms with van der Waals surface area (Å²) in [5.41, 5.74) is -0.0716. The number of anilines is 1. The molecule has 0 saturated carbocycles. The van der Waals surface area contributed by atoms with Gasteiger partial charge in [-0.2, -0.15) is 0 Å². The minimum absolute atomic E-state index is 0.00356. The summed E-state index contributed by atoms with van der Waals surface area (Å²) in [5, 5.41) is 14.2. The highest BCUT2D eigenvalue weighted by molar-refractivity contribution is 9.10. The summed E-state index contributed by atoms with van der Waals surface area (Å²) in [6.07, 6.45) is 0. The van der Waals surface area contributed by atoms with Crippen LogP contribution in [0.1, 0.15) is 20.9 Å². The topological polar surface area (TPSA) is 79.5 Å². The molecule has 2 aromatic heterocycles. The molecule has 0 saturated heterocycles. The van der Waals surface area contributed by atoms with Crippen LogP contribution in [0, 0.1) is 11.6 Å². The number of halogens is 3. The van der Waals surface area contributed by atoms with E-state index < -0.39 is 23.5 Å². The number of nitrogens with one attached hydrogen (secondary N) is 1. The molecule has 1 amide bonds. The maximum Gasteiger partial charge on any atom is 0.339 e. The van der Waals surface area contributed by atoms with E-state index in [0.717, 1.165) is 16.7 Å². The van der Waals surface area contributed by atoms with Crippen LogP contribution in [0.25, 0.3) is 21.4 Å². The molecule has 0 aliphatic heterocycles. The van der Waals surface area contributed by atoms with E-state index in [2.05, 4.69) is 21.2 Å². The molecule has 0 radical (unpaired) electrons. The van der Waals surface area contributed by atoms with Crippen molar-refractivity contribution in [1.82, 2.24) is 0 Å². The van der Waals surface area contributed by atoms with E-state index in [1.54, 1.807) is 24.3 Å². The fraction of sp³-hybridized carbons (Fsp3) is 0. The van der Waals surface area contributed by atoms with Crippen LogP contribution in [-0.2, 0) is 0 Å². The highest BCUT2D eigenvalue weighted by Gasteiger charge is 2.25. The third-order valence-corrected chi connectivity index (χ3v) is 5.81. The monoisotopic (exact) mass is 477 g/mol. The van der Waals surface area contributed by atoms with Crippen molar-refractivity contribution in [1.29, 1.82) is 0 Å². The second-order valence-electron chi connectivity index (χ2n) is 5.98. The number of para-hydroxylation sites is 1. The van der Waals surface area contributed by atoms with Gasteiger partial charge in [-0.25, -0.2) is 13.6 Å². The van der Waals surface area contributed by atoms with Crippen LogP contribution < -0.4 is 5.32 Å². The number of hydrogen-bond acceptors (Lipinski definition) is 4. The Hall–Kier alpha value is -3.04. The molecule has 2 N–H and O–H groups in total. The van der Waals surface area contributed by atoms with Gasteiger partial charge in [-0.1, -0.05) is 18.2 Å². The lowest BCUT2D eigenvalue weighted by atomic mass is 10.1. The zero-order valence-electron chi connectivity index (χ0n) is 14.3. The van der Waals surface area contributed by atoms with Crippen LogP contribution in [-0.4, -0.2) is 17.0 Å². The number of thiophene rings is 1. The van der Waals surface area contributed by atoms with Crippen LogP contribution in [0.3, 0.4) is 0 Å². The van der Waals surface area contributed by atoms with E-state index >= 15 is 0 Å². The van der Waals surface area contributed by atoms with Crippen molar-refractivity contribution in [2.75, 3.05) is 5.32 Å².